The lowest BCUT2D eigenvalue weighted by Gasteiger charge is -2.27. The Morgan fingerprint density at radius 2 is 2.28 bits per heavy atom. The van der Waals surface area contributed by atoms with Crippen molar-refractivity contribution < 1.29 is 9.90 Å². The Morgan fingerprint density at radius 1 is 1.56 bits per heavy atom. The van der Waals surface area contributed by atoms with Gasteiger partial charge in [0.2, 0.25) is 5.91 Å². The predicted octanol–water partition coefficient (Wildman–Crippen LogP) is 2.16. The molecule has 4 heteroatoms. The van der Waals surface area contributed by atoms with Gasteiger partial charge < -0.3 is 16.2 Å². The number of hydrogen-bond acceptors (Lipinski definition) is 3. The summed E-state index contributed by atoms with van der Waals surface area (Å²) in [6.07, 6.45) is 2.73. The molecule has 1 aliphatic rings. The van der Waals surface area contributed by atoms with Crippen LogP contribution in [0.4, 0.5) is 5.69 Å². The van der Waals surface area contributed by atoms with Gasteiger partial charge in [0.05, 0.1) is 5.41 Å². The van der Waals surface area contributed by atoms with Crippen LogP contribution >= 0.6 is 0 Å². The number of carbonyl (C=O) groups excluding carboxylic acids is 1. The molecular weight excluding hydrogens is 228 g/mol. The van der Waals surface area contributed by atoms with Crippen LogP contribution in [0.25, 0.3) is 0 Å². The molecule has 98 valence electrons. The highest BCUT2D eigenvalue weighted by atomic mass is 16.3. The number of benzene rings is 1. The van der Waals surface area contributed by atoms with Crippen molar-refractivity contribution in [2.24, 2.45) is 11.1 Å². The Hall–Kier alpha value is -1.55. The Morgan fingerprint density at radius 3 is 2.83 bits per heavy atom. The molecule has 2 rings (SSSR count). The molecule has 1 fully saturated rings. The second-order valence-corrected chi connectivity index (χ2v) is 5.37. The molecule has 2 atom stereocenters. The van der Waals surface area contributed by atoms with E-state index in [1.807, 2.05) is 6.92 Å². The maximum absolute atomic E-state index is 12.3. The van der Waals surface area contributed by atoms with Gasteiger partial charge in [-0.2, -0.15) is 0 Å². The van der Waals surface area contributed by atoms with Gasteiger partial charge >= 0.3 is 0 Å². The van der Waals surface area contributed by atoms with Gasteiger partial charge in [-0.1, -0.05) is 6.42 Å². The summed E-state index contributed by atoms with van der Waals surface area (Å²) in [5.41, 5.74) is 6.99. The molecule has 18 heavy (non-hydrogen) atoms. The van der Waals surface area contributed by atoms with Gasteiger partial charge in [-0.3, -0.25) is 4.79 Å². The molecular formula is C14H20N2O2. The van der Waals surface area contributed by atoms with Crippen LogP contribution in [0.5, 0.6) is 5.75 Å². The van der Waals surface area contributed by atoms with Gasteiger partial charge in [-0.05, 0) is 50.5 Å². The monoisotopic (exact) mass is 248 g/mol. The van der Waals surface area contributed by atoms with E-state index >= 15 is 0 Å². The zero-order chi connectivity index (χ0) is 13.3. The van der Waals surface area contributed by atoms with Crippen molar-refractivity contribution in [1.82, 2.24) is 0 Å². The molecule has 1 amide bonds. The summed E-state index contributed by atoms with van der Waals surface area (Å²) in [7, 11) is 0. The lowest BCUT2D eigenvalue weighted by atomic mass is 9.84. The number of nitrogens with two attached hydrogens (primary N) is 1. The van der Waals surface area contributed by atoms with Crippen molar-refractivity contribution in [3.05, 3.63) is 23.8 Å². The van der Waals surface area contributed by atoms with E-state index in [1.165, 1.54) is 0 Å². The topological polar surface area (TPSA) is 75.4 Å². The van der Waals surface area contributed by atoms with E-state index in [-0.39, 0.29) is 17.7 Å². The summed E-state index contributed by atoms with van der Waals surface area (Å²) in [5, 5.41) is 12.3. The van der Waals surface area contributed by atoms with Crippen molar-refractivity contribution >= 4 is 11.6 Å². The van der Waals surface area contributed by atoms with Crippen LogP contribution in [-0.2, 0) is 4.79 Å². The molecule has 1 aromatic carbocycles. The molecule has 0 aliphatic heterocycles. The number of phenolic OH excluding ortho intramolecular Hbond substituents is 1. The molecule has 4 N–H and O–H groups in total. The van der Waals surface area contributed by atoms with E-state index in [1.54, 1.807) is 25.1 Å². The number of aromatic hydroxyl groups is 1. The van der Waals surface area contributed by atoms with Gasteiger partial charge in [0, 0.05) is 11.7 Å². The van der Waals surface area contributed by atoms with Gasteiger partial charge in [0.1, 0.15) is 5.75 Å². The average molecular weight is 248 g/mol. The number of phenols is 1. The number of hydrogen-bond donors (Lipinski definition) is 3. The Labute approximate surface area is 107 Å². The number of rotatable bonds is 2. The summed E-state index contributed by atoms with van der Waals surface area (Å²) in [5.74, 6) is 0.203. The highest BCUT2D eigenvalue weighted by molar-refractivity contribution is 5.96. The highest BCUT2D eigenvalue weighted by Crippen LogP contribution is 2.37. The largest absolute Gasteiger partial charge is 0.508 e. The molecule has 1 aliphatic carbocycles. The summed E-state index contributed by atoms with van der Waals surface area (Å²) >= 11 is 0. The van der Waals surface area contributed by atoms with Gasteiger partial charge in [0.15, 0.2) is 0 Å². The zero-order valence-electron chi connectivity index (χ0n) is 10.9. The molecule has 0 aromatic heterocycles. The van der Waals surface area contributed by atoms with Crippen LogP contribution in [0.3, 0.4) is 0 Å². The van der Waals surface area contributed by atoms with Crippen LogP contribution in [0.1, 0.15) is 31.7 Å². The van der Waals surface area contributed by atoms with E-state index in [0.29, 0.717) is 5.69 Å². The van der Waals surface area contributed by atoms with E-state index in [0.717, 1.165) is 24.8 Å². The Kier molecular flexibility index (Phi) is 3.30. The fourth-order valence-corrected chi connectivity index (χ4v) is 2.48. The lowest BCUT2D eigenvalue weighted by molar-refractivity contribution is -0.125. The molecule has 1 aromatic rings. The molecule has 0 radical (unpaired) electrons. The highest BCUT2D eigenvalue weighted by Gasteiger charge is 2.42. The quantitative estimate of drug-likeness (QED) is 0.702. The van der Waals surface area contributed by atoms with Crippen molar-refractivity contribution in [3.8, 4) is 5.75 Å². The molecule has 0 spiro atoms. The van der Waals surface area contributed by atoms with Crippen LogP contribution in [0.2, 0.25) is 0 Å². The number of amides is 1. The summed E-state index contributed by atoms with van der Waals surface area (Å²) in [4.78, 5) is 12.3. The SMILES string of the molecule is Cc1cc(NC(=O)C2(C)CCCC2N)ccc1O. The van der Waals surface area contributed by atoms with Crippen LogP contribution in [-0.4, -0.2) is 17.1 Å². The molecule has 0 saturated heterocycles. The maximum Gasteiger partial charge on any atom is 0.231 e. The molecule has 2 unspecified atom stereocenters. The first-order valence-corrected chi connectivity index (χ1v) is 6.30. The smallest absolute Gasteiger partial charge is 0.231 e. The first-order valence-electron chi connectivity index (χ1n) is 6.30. The fourth-order valence-electron chi connectivity index (χ4n) is 2.48. The second-order valence-electron chi connectivity index (χ2n) is 5.37. The third kappa shape index (κ3) is 2.20. The van der Waals surface area contributed by atoms with Crippen molar-refractivity contribution in [2.45, 2.75) is 39.2 Å². The number of aryl methyl sites for hydroxylation is 1. The first kappa shape index (κ1) is 12.9. The summed E-state index contributed by atoms with van der Waals surface area (Å²) in [6.45, 7) is 3.72. The summed E-state index contributed by atoms with van der Waals surface area (Å²) in [6, 6.07) is 4.97. The fraction of sp³-hybridized carbons (Fsp3) is 0.500. The number of anilines is 1. The minimum atomic E-state index is -0.480. The normalized spacial score (nSPS) is 27.2. The second kappa shape index (κ2) is 4.61. The van der Waals surface area contributed by atoms with Crippen LogP contribution < -0.4 is 11.1 Å². The summed E-state index contributed by atoms with van der Waals surface area (Å²) < 4.78 is 0. The average Bonchev–Trinajstić information content (AvgIpc) is 2.66. The number of carbonyl (C=O) groups is 1. The third-order valence-electron chi connectivity index (χ3n) is 4.00. The van der Waals surface area contributed by atoms with E-state index in [2.05, 4.69) is 5.32 Å². The van der Waals surface area contributed by atoms with Crippen LogP contribution in [0.15, 0.2) is 18.2 Å². The third-order valence-corrected chi connectivity index (χ3v) is 4.00. The lowest BCUT2D eigenvalue weighted by Crippen LogP contribution is -2.44. The molecule has 1 saturated carbocycles. The predicted molar refractivity (Wildman–Crippen MR) is 71.4 cm³/mol. The number of nitrogens with one attached hydrogen (secondary N) is 1. The van der Waals surface area contributed by atoms with Crippen molar-refractivity contribution in [3.63, 3.8) is 0 Å². The van der Waals surface area contributed by atoms with E-state index in [4.69, 9.17) is 5.73 Å². The molecule has 0 bridgehead atoms. The van der Waals surface area contributed by atoms with Crippen molar-refractivity contribution in [1.29, 1.82) is 0 Å². The Bertz CT molecular complexity index is 473. The van der Waals surface area contributed by atoms with Crippen molar-refractivity contribution in [2.75, 3.05) is 5.32 Å². The Balaban J connectivity index is 2.14. The van der Waals surface area contributed by atoms with E-state index < -0.39 is 5.41 Å². The molecule has 0 heterocycles. The first-order chi connectivity index (χ1) is 8.43. The van der Waals surface area contributed by atoms with Gasteiger partial charge in [0.25, 0.3) is 0 Å². The standard InChI is InChI=1S/C14H20N2O2/c1-9-8-10(5-6-11(9)17)16-13(18)14(2)7-3-4-12(14)15/h5-6,8,12,17H,3-4,7,15H2,1-2H3,(H,16,18). The minimum absolute atomic E-state index is 0.0300. The van der Waals surface area contributed by atoms with Crippen LogP contribution in [0, 0.1) is 12.3 Å². The van der Waals surface area contributed by atoms with Gasteiger partial charge in [-0.25, -0.2) is 0 Å². The van der Waals surface area contributed by atoms with Gasteiger partial charge in [-0.15, -0.1) is 0 Å². The minimum Gasteiger partial charge on any atom is -0.508 e. The van der Waals surface area contributed by atoms with E-state index in [9.17, 15) is 9.90 Å². The maximum atomic E-state index is 12.3. The zero-order valence-corrected chi connectivity index (χ0v) is 10.9. The molecule has 4 nitrogen and oxygen atoms in total.